The lowest BCUT2D eigenvalue weighted by Gasteiger charge is -2.09. The Morgan fingerprint density at radius 3 is 2.53 bits per heavy atom. The van der Waals surface area contributed by atoms with Crippen LogP contribution >= 0.6 is 11.3 Å². The minimum atomic E-state index is -0.483. The van der Waals surface area contributed by atoms with Crippen LogP contribution in [-0.2, 0) is 0 Å². The van der Waals surface area contributed by atoms with Gasteiger partial charge in [0.25, 0.3) is 0 Å². The van der Waals surface area contributed by atoms with Gasteiger partial charge in [-0.3, -0.25) is 0 Å². The molecule has 1 heterocycles. The number of aliphatic hydroxyl groups excluding tert-OH is 1. The fraction of sp³-hybridized carbons (Fsp3) is 0.231. The summed E-state index contributed by atoms with van der Waals surface area (Å²) in [7, 11) is 0. The van der Waals surface area contributed by atoms with E-state index in [0.717, 1.165) is 10.4 Å². The summed E-state index contributed by atoms with van der Waals surface area (Å²) in [5.74, 6) is 0. The molecule has 0 amide bonds. The largest absolute Gasteiger partial charge is 0.383 e. The van der Waals surface area contributed by atoms with Crippen molar-refractivity contribution in [1.29, 1.82) is 0 Å². The van der Waals surface area contributed by atoms with Crippen molar-refractivity contribution in [3.05, 3.63) is 57.3 Å². The molecule has 15 heavy (non-hydrogen) atoms. The second kappa shape index (κ2) is 4.17. The van der Waals surface area contributed by atoms with E-state index in [4.69, 9.17) is 0 Å². The molecule has 0 aliphatic carbocycles. The van der Waals surface area contributed by atoms with Crippen LogP contribution in [0.2, 0.25) is 0 Å². The summed E-state index contributed by atoms with van der Waals surface area (Å²) in [5, 5.41) is 10.1. The average molecular weight is 218 g/mol. The van der Waals surface area contributed by atoms with Crippen LogP contribution in [0.3, 0.4) is 0 Å². The van der Waals surface area contributed by atoms with Gasteiger partial charge >= 0.3 is 0 Å². The molecule has 1 N–H and O–H groups in total. The molecule has 0 fully saturated rings. The van der Waals surface area contributed by atoms with Crippen molar-refractivity contribution in [3.63, 3.8) is 0 Å². The van der Waals surface area contributed by atoms with Gasteiger partial charge in [0.15, 0.2) is 0 Å². The van der Waals surface area contributed by atoms with Gasteiger partial charge in [0.1, 0.15) is 6.10 Å². The van der Waals surface area contributed by atoms with Gasteiger partial charge < -0.3 is 5.11 Å². The van der Waals surface area contributed by atoms with Crippen LogP contribution < -0.4 is 0 Å². The van der Waals surface area contributed by atoms with Crippen molar-refractivity contribution in [2.75, 3.05) is 0 Å². The van der Waals surface area contributed by atoms with Gasteiger partial charge in [-0.2, -0.15) is 0 Å². The Morgan fingerprint density at radius 2 is 1.93 bits per heavy atom. The molecule has 0 saturated heterocycles. The second-order valence-electron chi connectivity index (χ2n) is 3.77. The third-order valence-electron chi connectivity index (χ3n) is 2.39. The van der Waals surface area contributed by atoms with E-state index in [1.165, 1.54) is 10.4 Å². The van der Waals surface area contributed by atoms with Crippen LogP contribution in [0.15, 0.2) is 36.4 Å². The normalized spacial score (nSPS) is 12.7. The lowest BCUT2D eigenvalue weighted by Crippen LogP contribution is -1.96. The Bertz CT molecular complexity index is 459. The molecular weight excluding hydrogens is 204 g/mol. The first kappa shape index (κ1) is 10.4. The summed E-state index contributed by atoms with van der Waals surface area (Å²) in [6, 6.07) is 12.0. The molecule has 0 aliphatic heterocycles. The van der Waals surface area contributed by atoms with Crippen molar-refractivity contribution < 1.29 is 5.11 Å². The highest BCUT2D eigenvalue weighted by Gasteiger charge is 2.11. The van der Waals surface area contributed by atoms with E-state index in [2.05, 4.69) is 6.92 Å². The molecule has 0 aliphatic rings. The monoisotopic (exact) mass is 218 g/mol. The fourth-order valence-electron chi connectivity index (χ4n) is 1.60. The number of hydrogen-bond acceptors (Lipinski definition) is 2. The Kier molecular flexibility index (Phi) is 2.89. The molecule has 0 bridgehead atoms. The molecule has 1 aromatic carbocycles. The van der Waals surface area contributed by atoms with Gasteiger partial charge in [0.05, 0.1) is 0 Å². The minimum Gasteiger partial charge on any atom is -0.383 e. The van der Waals surface area contributed by atoms with Gasteiger partial charge in [0, 0.05) is 9.75 Å². The SMILES string of the molecule is Cc1cccc(C(O)c2ccc(C)s2)c1. The maximum absolute atomic E-state index is 10.1. The number of aryl methyl sites for hydroxylation is 2. The molecule has 0 spiro atoms. The zero-order valence-electron chi connectivity index (χ0n) is 8.90. The Hall–Kier alpha value is -1.12. The lowest BCUT2D eigenvalue weighted by atomic mass is 10.1. The van der Waals surface area contributed by atoms with Crippen molar-refractivity contribution in [2.24, 2.45) is 0 Å². The Morgan fingerprint density at radius 1 is 1.13 bits per heavy atom. The first-order chi connectivity index (χ1) is 7.16. The number of benzene rings is 1. The third kappa shape index (κ3) is 2.28. The maximum atomic E-state index is 10.1. The number of aliphatic hydroxyl groups is 1. The van der Waals surface area contributed by atoms with Gasteiger partial charge in [-0.25, -0.2) is 0 Å². The maximum Gasteiger partial charge on any atom is 0.113 e. The first-order valence-electron chi connectivity index (χ1n) is 4.98. The van der Waals surface area contributed by atoms with E-state index in [1.807, 2.05) is 43.3 Å². The summed E-state index contributed by atoms with van der Waals surface area (Å²) in [6.07, 6.45) is -0.483. The van der Waals surface area contributed by atoms with Crippen molar-refractivity contribution in [2.45, 2.75) is 20.0 Å². The van der Waals surface area contributed by atoms with E-state index in [1.54, 1.807) is 11.3 Å². The molecular formula is C13H14OS. The predicted octanol–water partition coefficient (Wildman–Crippen LogP) is 3.45. The Labute approximate surface area is 94.0 Å². The van der Waals surface area contributed by atoms with Crippen LogP contribution in [0, 0.1) is 13.8 Å². The van der Waals surface area contributed by atoms with Crippen LogP contribution in [0.1, 0.15) is 27.0 Å². The summed E-state index contributed by atoms with van der Waals surface area (Å²) < 4.78 is 0. The van der Waals surface area contributed by atoms with Crippen molar-refractivity contribution >= 4 is 11.3 Å². The number of hydrogen-bond donors (Lipinski definition) is 1. The molecule has 1 aromatic heterocycles. The molecule has 0 radical (unpaired) electrons. The summed E-state index contributed by atoms with van der Waals surface area (Å²) in [6.45, 7) is 4.09. The number of rotatable bonds is 2. The molecule has 1 atom stereocenters. The van der Waals surface area contributed by atoms with Crippen LogP contribution in [-0.4, -0.2) is 5.11 Å². The summed E-state index contributed by atoms with van der Waals surface area (Å²) in [5.41, 5.74) is 2.15. The second-order valence-corrected chi connectivity index (χ2v) is 5.08. The summed E-state index contributed by atoms with van der Waals surface area (Å²) >= 11 is 1.65. The highest BCUT2D eigenvalue weighted by molar-refractivity contribution is 7.12. The third-order valence-corrected chi connectivity index (χ3v) is 3.44. The number of thiophene rings is 1. The Balaban J connectivity index is 2.32. The van der Waals surface area contributed by atoms with Gasteiger partial charge in [-0.05, 0) is 31.5 Å². The summed E-state index contributed by atoms with van der Waals surface area (Å²) in [4.78, 5) is 2.25. The van der Waals surface area contributed by atoms with E-state index >= 15 is 0 Å². The van der Waals surface area contributed by atoms with Gasteiger partial charge in [-0.15, -0.1) is 11.3 Å². The molecule has 1 nitrogen and oxygen atoms in total. The van der Waals surface area contributed by atoms with Gasteiger partial charge in [-0.1, -0.05) is 29.8 Å². The van der Waals surface area contributed by atoms with Crippen LogP contribution in [0.5, 0.6) is 0 Å². The molecule has 2 heteroatoms. The van der Waals surface area contributed by atoms with Crippen LogP contribution in [0.25, 0.3) is 0 Å². The zero-order valence-corrected chi connectivity index (χ0v) is 9.71. The molecule has 0 saturated carbocycles. The average Bonchev–Trinajstić information content (AvgIpc) is 2.64. The standard InChI is InChI=1S/C13H14OS/c1-9-4-3-5-11(8-9)13(14)12-7-6-10(2)15-12/h3-8,13-14H,1-2H3. The molecule has 2 rings (SSSR count). The quantitative estimate of drug-likeness (QED) is 0.818. The lowest BCUT2D eigenvalue weighted by molar-refractivity contribution is 0.224. The van der Waals surface area contributed by atoms with Crippen LogP contribution in [0.4, 0.5) is 0 Å². The highest BCUT2D eigenvalue weighted by atomic mass is 32.1. The highest BCUT2D eigenvalue weighted by Crippen LogP contribution is 2.28. The minimum absolute atomic E-state index is 0.483. The van der Waals surface area contributed by atoms with Gasteiger partial charge in [0.2, 0.25) is 0 Å². The predicted molar refractivity (Wildman–Crippen MR) is 64.3 cm³/mol. The first-order valence-corrected chi connectivity index (χ1v) is 5.79. The zero-order chi connectivity index (χ0) is 10.8. The topological polar surface area (TPSA) is 20.2 Å². The smallest absolute Gasteiger partial charge is 0.113 e. The van der Waals surface area contributed by atoms with E-state index in [0.29, 0.717) is 0 Å². The van der Waals surface area contributed by atoms with E-state index in [9.17, 15) is 5.11 Å². The van der Waals surface area contributed by atoms with E-state index < -0.39 is 6.10 Å². The molecule has 78 valence electrons. The molecule has 2 aromatic rings. The van der Waals surface area contributed by atoms with E-state index in [-0.39, 0.29) is 0 Å². The van der Waals surface area contributed by atoms with Crippen molar-refractivity contribution in [3.8, 4) is 0 Å². The van der Waals surface area contributed by atoms with Crippen molar-refractivity contribution in [1.82, 2.24) is 0 Å². The fourth-order valence-corrected chi connectivity index (χ4v) is 2.50. The molecule has 1 unspecified atom stereocenters.